The molecule has 0 amide bonds. The van der Waals surface area contributed by atoms with Crippen LogP contribution < -0.4 is 5.14 Å². The molecule has 1 atom stereocenters. The number of thioether (sulfide) groups is 1. The second-order valence-electron chi connectivity index (χ2n) is 5.99. The van der Waals surface area contributed by atoms with Crippen molar-refractivity contribution in [2.75, 3.05) is 6.61 Å². The number of primary sulfonamides is 1. The van der Waals surface area contributed by atoms with Gasteiger partial charge in [-0.25, -0.2) is 18.5 Å². The van der Waals surface area contributed by atoms with Crippen molar-refractivity contribution >= 4 is 38.8 Å². The fraction of sp³-hybridized carbons (Fsp3) is 0.263. The van der Waals surface area contributed by atoms with Crippen LogP contribution in [0.25, 0.3) is 11.0 Å². The summed E-state index contributed by atoms with van der Waals surface area (Å²) in [7, 11) is -3.82. The Morgan fingerprint density at radius 3 is 2.54 bits per heavy atom. The van der Waals surface area contributed by atoms with Crippen molar-refractivity contribution in [1.29, 1.82) is 0 Å². The summed E-state index contributed by atoms with van der Waals surface area (Å²) in [5.41, 5.74) is 2.09. The third kappa shape index (κ3) is 4.21. The first kappa shape index (κ1) is 20.4. The zero-order valence-corrected chi connectivity index (χ0v) is 17.2. The Morgan fingerprint density at radius 2 is 1.93 bits per heavy atom. The molecule has 0 fully saturated rings. The minimum Gasteiger partial charge on any atom is -0.465 e. The van der Waals surface area contributed by atoms with E-state index >= 15 is 0 Å². The van der Waals surface area contributed by atoms with Gasteiger partial charge in [0.25, 0.3) is 0 Å². The first-order valence-corrected chi connectivity index (χ1v) is 11.2. The van der Waals surface area contributed by atoms with Crippen LogP contribution in [-0.4, -0.2) is 30.5 Å². The lowest BCUT2D eigenvalue weighted by Gasteiger charge is -2.16. The highest BCUT2D eigenvalue weighted by atomic mass is 32.2. The molecule has 2 aromatic carbocycles. The molecule has 1 aromatic heterocycles. The van der Waals surface area contributed by atoms with Crippen molar-refractivity contribution in [3.05, 3.63) is 54.1 Å². The number of esters is 1. The monoisotopic (exact) mass is 419 g/mol. The standard InChI is InChI=1S/C19H21N3O4S2/c1-3-22-16-11-10-14(28(20,24)25)12-15(16)21-19(22)27-17(18(23)26-4-2)13-8-6-5-7-9-13/h5-12,17H,3-4H2,1-2H3,(H2,20,24,25)/t17-/m0/s1. The van der Waals surface area contributed by atoms with Crippen LogP contribution in [0.1, 0.15) is 24.7 Å². The fourth-order valence-corrected chi connectivity index (χ4v) is 4.57. The van der Waals surface area contributed by atoms with Gasteiger partial charge >= 0.3 is 5.97 Å². The van der Waals surface area contributed by atoms with Crippen molar-refractivity contribution in [3.8, 4) is 0 Å². The Labute approximate surface area is 167 Å². The number of fused-ring (bicyclic) bond motifs is 1. The molecule has 3 rings (SSSR count). The molecule has 7 nitrogen and oxygen atoms in total. The predicted octanol–water partition coefficient (Wildman–Crippen LogP) is 3.10. The minimum atomic E-state index is -3.82. The van der Waals surface area contributed by atoms with Crippen LogP contribution in [0.4, 0.5) is 0 Å². The van der Waals surface area contributed by atoms with E-state index < -0.39 is 15.3 Å². The van der Waals surface area contributed by atoms with Crippen LogP contribution in [0.5, 0.6) is 0 Å². The molecule has 0 saturated carbocycles. The summed E-state index contributed by atoms with van der Waals surface area (Å²) in [6.45, 7) is 4.61. The molecule has 2 N–H and O–H groups in total. The van der Waals surface area contributed by atoms with Crippen molar-refractivity contribution in [2.45, 2.75) is 35.7 Å². The zero-order chi connectivity index (χ0) is 20.3. The molecule has 0 aliphatic heterocycles. The number of imidazole rings is 1. The number of carbonyl (C=O) groups is 1. The molecule has 9 heteroatoms. The lowest BCUT2D eigenvalue weighted by molar-refractivity contribution is -0.142. The number of hydrogen-bond acceptors (Lipinski definition) is 6. The lowest BCUT2D eigenvalue weighted by Crippen LogP contribution is -2.14. The minimum absolute atomic E-state index is 0.00213. The van der Waals surface area contributed by atoms with E-state index in [0.29, 0.717) is 17.2 Å². The molecule has 1 heterocycles. The van der Waals surface area contributed by atoms with Crippen molar-refractivity contribution in [3.63, 3.8) is 0 Å². The number of ether oxygens (including phenoxy) is 1. The van der Waals surface area contributed by atoms with Gasteiger partial charge in [0.1, 0.15) is 5.25 Å². The largest absolute Gasteiger partial charge is 0.465 e. The predicted molar refractivity (Wildman–Crippen MR) is 108 cm³/mol. The Bertz CT molecular complexity index is 1100. The average molecular weight is 420 g/mol. The van der Waals surface area contributed by atoms with E-state index in [4.69, 9.17) is 9.88 Å². The molecule has 0 aliphatic carbocycles. The highest BCUT2D eigenvalue weighted by molar-refractivity contribution is 8.00. The summed E-state index contributed by atoms with van der Waals surface area (Å²) in [6, 6.07) is 13.9. The summed E-state index contributed by atoms with van der Waals surface area (Å²) >= 11 is 1.28. The van der Waals surface area contributed by atoms with E-state index in [1.54, 1.807) is 13.0 Å². The molecule has 28 heavy (non-hydrogen) atoms. The van der Waals surface area contributed by atoms with Gasteiger partial charge in [-0.15, -0.1) is 0 Å². The fourth-order valence-electron chi connectivity index (χ4n) is 2.86. The maximum absolute atomic E-state index is 12.6. The van der Waals surface area contributed by atoms with Crippen molar-refractivity contribution < 1.29 is 17.9 Å². The van der Waals surface area contributed by atoms with Gasteiger partial charge in [-0.1, -0.05) is 42.1 Å². The molecule has 0 aliphatic rings. The zero-order valence-electron chi connectivity index (χ0n) is 15.5. The van der Waals surface area contributed by atoms with E-state index in [1.807, 2.05) is 41.8 Å². The SMILES string of the molecule is CCOC(=O)[C@@H](Sc1nc2cc(S(N)(=O)=O)ccc2n1CC)c1ccccc1. The van der Waals surface area contributed by atoms with E-state index in [-0.39, 0.29) is 17.5 Å². The van der Waals surface area contributed by atoms with Gasteiger partial charge in [-0.3, -0.25) is 4.79 Å². The quantitative estimate of drug-likeness (QED) is 0.466. The van der Waals surface area contributed by atoms with Crippen LogP contribution in [0.15, 0.2) is 58.6 Å². The van der Waals surface area contributed by atoms with E-state index in [2.05, 4.69) is 4.98 Å². The van der Waals surface area contributed by atoms with Gasteiger partial charge in [0.2, 0.25) is 10.0 Å². The van der Waals surface area contributed by atoms with Crippen LogP contribution in [0, 0.1) is 0 Å². The van der Waals surface area contributed by atoms with Crippen molar-refractivity contribution in [2.24, 2.45) is 5.14 Å². The number of aryl methyl sites for hydroxylation is 1. The van der Waals surface area contributed by atoms with Crippen LogP contribution in [0.2, 0.25) is 0 Å². The molecule has 0 unspecified atom stereocenters. The van der Waals surface area contributed by atoms with Gasteiger partial charge in [-0.2, -0.15) is 0 Å². The Hall–Kier alpha value is -2.36. The number of nitrogens with two attached hydrogens (primary N) is 1. The molecule has 3 aromatic rings. The van der Waals surface area contributed by atoms with E-state index in [9.17, 15) is 13.2 Å². The second kappa shape index (κ2) is 8.34. The number of carbonyl (C=O) groups excluding carboxylic acids is 1. The Balaban J connectivity index is 2.06. The molecular weight excluding hydrogens is 398 g/mol. The van der Waals surface area contributed by atoms with Crippen LogP contribution >= 0.6 is 11.8 Å². The lowest BCUT2D eigenvalue weighted by atomic mass is 10.1. The summed E-state index contributed by atoms with van der Waals surface area (Å²) < 4.78 is 30.5. The van der Waals surface area contributed by atoms with Gasteiger partial charge in [0, 0.05) is 6.54 Å². The molecule has 0 bridgehead atoms. The molecule has 148 valence electrons. The highest BCUT2D eigenvalue weighted by Crippen LogP contribution is 2.37. The van der Waals surface area contributed by atoms with Gasteiger partial charge in [0.05, 0.1) is 22.5 Å². The van der Waals surface area contributed by atoms with Gasteiger partial charge < -0.3 is 9.30 Å². The maximum atomic E-state index is 12.6. The number of hydrogen-bond donors (Lipinski definition) is 1. The number of rotatable bonds is 7. The smallest absolute Gasteiger partial charge is 0.324 e. The van der Waals surface area contributed by atoms with Crippen LogP contribution in [-0.2, 0) is 26.1 Å². The summed E-state index contributed by atoms with van der Waals surface area (Å²) in [5, 5.41) is 5.25. The summed E-state index contributed by atoms with van der Waals surface area (Å²) in [4.78, 5) is 17.1. The second-order valence-corrected chi connectivity index (χ2v) is 8.63. The van der Waals surface area contributed by atoms with Crippen LogP contribution in [0.3, 0.4) is 0 Å². The molecule has 0 spiro atoms. The average Bonchev–Trinajstić information content (AvgIpc) is 3.02. The highest BCUT2D eigenvalue weighted by Gasteiger charge is 2.26. The normalized spacial score (nSPS) is 12.8. The summed E-state index contributed by atoms with van der Waals surface area (Å²) in [6.07, 6.45) is 0. The van der Waals surface area contributed by atoms with E-state index in [0.717, 1.165) is 11.1 Å². The summed E-state index contributed by atoms with van der Waals surface area (Å²) in [5.74, 6) is -0.348. The van der Waals surface area contributed by atoms with E-state index in [1.165, 1.54) is 23.9 Å². The first-order valence-electron chi connectivity index (χ1n) is 8.76. The molecule has 0 radical (unpaired) electrons. The first-order chi connectivity index (χ1) is 13.3. The Morgan fingerprint density at radius 1 is 1.21 bits per heavy atom. The van der Waals surface area contributed by atoms with Gasteiger partial charge in [-0.05, 0) is 37.6 Å². The Kier molecular flexibility index (Phi) is 6.07. The number of nitrogens with zero attached hydrogens (tertiary/aromatic N) is 2. The number of benzene rings is 2. The topological polar surface area (TPSA) is 104 Å². The number of aromatic nitrogens is 2. The maximum Gasteiger partial charge on any atom is 0.324 e. The number of sulfonamides is 1. The van der Waals surface area contributed by atoms with Crippen molar-refractivity contribution in [1.82, 2.24) is 9.55 Å². The molecule has 0 saturated heterocycles. The van der Waals surface area contributed by atoms with Gasteiger partial charge in [0.15, 0.2) is 5.16 Å². The third-order valence-corrected chi connectivity index (χ3v) is 6.29. The third-order valence-electron chi connectivity index (χ3n) is 4.16. The molecular formula is C19H21N3O4S2.